The first-order chi connectivity index (χ1) is 8.71. The average Bonchev–Trinajstić information content (AvgIpc) is 2.34. The lowest BCUT2D eigenvalue weighted by molar-refractivity contribution is -0.290. The molecule has 104 valence electrons. The largest absolute Gasteiger partial charge is 0.497 e. The van der Waals surface area contributed by atoms with Crippen molar-refractivity contribution >= 4 is 0 Å². The Morgan fingerprint density at radius 3 is 2.32 bits per heavy atom. The number of alkyl halides is 5. The summed E-state index contributed by atoms with van der Waals surface area (Å²) in [5.41, 5.74) is 0.0544. The fourth-order valence-electron chi connectivity index (χ4n) is 1.12. The normalized spacial score (nSPS) is 11.8. The van der Waals surface area contributed by atoms with E-state index in [0.717, 1.165) is 6.07 Å². The third-order valence-electron chi connectivity index (χ3n) is 2.17. The third kappa shape index (κ3) is 3.50. The lowest BCUT2D eigenvalue weighted by Gasteiger charge is -2.20. The van der Waals surface area contributed by atoms with Crippen LogP contribution in [0, 0.1) is 12.3 Å². The van der Waals surface area contributed by atoms with Crippen molar-refractivity contribution in [3.63, 3.8) is 0 Å². The topological polar surface area (TPSA) is 18.5 Å². The highest BCUT2D eigenvalue weighted by atomic mass is 19.4. The molecule has 2 nitrogen and oxygen atoms in total. The summed E-state index contributed by atoms with van der Waals surface area (Å²) >= 11 is 0. The predicted octanol–water partition coefficient (Wildman–Crippen LogP) is 3.25. The Hall–Kier alpha value is -1.97. The molecule has 0 aliphatic carbocycles. The third-order valence-corrected chi connectivity index (χ3v) is 2.17. The number of terminal acetylenes is 1. The Labute approximate surface area is 106 Å². The Kier molecular flexibility index (Phi) is 4.24. The van der Waals surface area contributed by atoms with E-state index < -0.39 is 18.7 Å². The number of halogens is 5. The van der Waals surface area contributed by atoms with Crippen molar-refractivity contribution in [2.45, 2.75) is 12.1 Å². The standard InChI is InChI=1S/C12H9F5O2/c1-3-8-4-5-9(18-2)6-10(8)19-7-11(13,14)12(15,16)17/h1,4-6H,7H2,2H3. The number of methoxy groups -OCH3 is 1. The smallest absolute Gasteiger partial charge is 0.456 e. The lowest BCUT2D eigenvalue weighted by atomic mass is 10.2. The van der Waals surface area contributed by atoms with Crippen LogP contribution >= 0.6 is 0 Å². The van der Waals surface area contributed by atoms with E-state index in [4.69, 9.17) is 11.2 Å². The van der Waals surface area contributed by atoms with Gasteiger partial charge in [0, 0.05) is 6.07 Å². The summed E-state index contributed by atoms with van der Waals surface area (Å²) in [5.74, 6) is -2.89. The highest BCUT2D eigenvalue weighted by molar-refractivity contribution is 5.49. The van der Waals surface area contributed by atoms with E-state index in [-0.39, 0.29) is 17.1 Å². The Morgan fingerprint density at radius 1 is 1.21 bits per heavy atom. The first-order valence-electron chi connectivity index (χ1n) is 4.93. The van der Waals surface area contributed by atoms with Crippen LogP contribution in [0.15, 0.2) is 18.2 Å². The Morgan fingerprint density at radius 2 is 1.84 bits per heavy atom. The molecule has 0 bridgehead atoms. The average molecular weight is 280 g/mol. The molecule has 1 aromatic rings. The summed E-state index contributed by atoms with van der Waals surface area (Å²) in [6.45, 7) is -1.85. The van der Waals surface area contributed by atoms with Crippen LogP contribution in [-0.2, 0) is 0 Å². The molecule has 0 spiro atoms. The molecule has 0 amide bonds. The fraction of sp³-hybridized carbons (Fsp3) is 0.333. The van der Waals surface area contributed by atoms with Crippen LogP contribution in [0.4, 0.5) is 22.0 Å². The fourth-order valence-corrected chi connectivity index (χ4v) is 1.12. The van der Waals surface area contributed by atoms with Gasteiger partial charge in [-0.1, -0.05) is 5.92 Å². The van der Waals surface area contributed by atoms with Gasteiger partial charge >= 0.3 is 12.1 Å². The van der Waals surface area contributed by atoms with Crippen molar-refractivity contribution in [2.24, 2.45) is 0 Å². The van der Waals surface area contributed by atoms with Gasteiger partial charge in [0.05, 0.1) is 12.7 Å². The van der Waals surface area contributed by atoms with Crippen molar-refractivity contribution in [3.05, 3.63) is 23.8 Å². The molecule has 0 unspecified atom stereocenters. The van der Waals surface area contributed by atoms with E-state index in [1.165, 1.54) is 19.2 Å². The minimum absolute atomic E-state index is 0.0544. The molecule has 0 N–H and O–H groups in total. The molecule has 0 heterocycles. The molecular formula is C12H9F5O2. The van der Waals surface area contributed by atoms with E-state index in [0.29, 0.717) is 0 Å². The highest BCUT2D eigenvalue weighted by Crippen LogP contribution is 2.36. The van der Waals surface area contributed by atoms with E-state index >= 15 is 0 Å². The lowest BCUT2D eigenvalue weighted by Crippen LogP contribution is -2.41. The molecule has 1 aromatic carbocycles. The molecule has 0 fully saturated rings. The van der Waals surface area contributed by atoms with Crippen molar-refractivity contribution in [1.82, 2.24) is 0 Å². The van der Waals surface area contributed by atoms with Crippen LogP contribution in [0.3, 0.4) is 0 Å². The molecule has 0 saturated carbocycles. The van der Waals surface area contributed by atoms with E-state index in [2.05, 4.69) is 10.7 Å². The minimum Gasteiger partial charge on any atom is -0.497 e. The van der Waals surface area contributed by atoms with Crippen molar-refractivity contribution in [2.75, 3.05) is 13.7 Å². The van der Waals surface area contributed by atoms with E-state index in [1.54, 1.807) is 0 Å². The van der Waals surface area contributed by atoms with Crippen molar-refractivity contribution in [3.8, 4) is 23.8 Å². The second-order valence-corrected chi connectivity index (χ2v) is 3.50. The van der Waals surface area contributed by atoms with Gasteiger partial charge in [-0.25, -0.2) is 0 Å². The van der Waals surface area contributed by atoms with Crippen LogP contribution in [0.2, 0.25) is 0 Å². The Balaban J connectivity index is 2.92. The Bertz CT molecular complexity index is 488. The minimum atomic E-state index is -5.68. The van der Waals surface area contributed by atoms with Crippen LogP contribution in [-0.4, -0.2) is 25.8 Å². The van der Waals surface area contributed by atoms with Gasteiger partial charge in [-0.3, -0.25) is 0 Å². The molecule has 0 aliphatic rings. The van der Waals surface area contributed by atoms with Gasteiger partial charge < -0.3 is 9.47 Å². The molecule has 0 aromatic heterocycles. The van der Waals surface area contributed by atoms with Gasteiger partial charge in [0.2, 0.25) is 0 Å². The number of benzene rings is 1. The maximum absolute atomic E-state index is 12.7. The maximum Gasteiger partial charge on any atom is 0.456 e. The predicted molar refractivity (Wildman–Crippen MR) is 57.4 cm³/mol. The van der Waals surface area contributed by atoms with Crippen molar-refractivity contribution < 1.29 is 31.4 Å². The molecule has 0 radical (unpaired) electrons. The summed E-state index contributed by atoms with van der Waals surface area (Å²) in [5, 5.41) is 0. The van der Waals surface area contributed by atoms with E-state index in [1.807, 2.05) is 0 Å². The summed E-state index contributed by atoms with van der Waals surface area (Å²) in [4.78, 5) is 0. The summed E-state index contributed by atoms with van der Waals surface area (Å²) in [7, 11) is 1.30. The first-order valence-corrected chi connectivity index (χ1v) is 4.93. The number of rotatable bonds is 4. The van der Waals surface area contributed by atoms with Gasteiger partial charge in [-0.15, -0.1) is 6.42 Å². The van der Waals surface area contributed by atoms with Gasteiger partial charge in [-0.05, 0) is 12.1 Å². The number of ether oxygens (including phenoxy) is 2. The molecule has 1 rings (SSSR count). The van der Waals surface area contributed by atoms with Crippen LogP contribution in [0.5, 0.6) is 11.5 Å². The van der Waals surface area contributed by atoms with Gasteiger partial charge in [0.25, 0.3) is 0 Å². The zero-order valence-corrected chi connectivity index (χ0v) is 9.72. The van der Waals surface area contributed by atoms with Crippen LogP contribution in [0.1, 0.15) is 5.56 Å². The van der Waals surface area contributed by atoms with E-state index in [9.17, 15) is 22.0 Å². The highest BCUT2D eigenvalue weighted by Gasteiger charge is 2.58. The summed E-state index contributed by atoms with van der Waals surface area (Å²) < 4.78 is 70.6. The molecule has 0 saturated heterocycles. The maximum atomic E-state index is 12.7. The van der Waals surface area contributed by atoms with Crippen molar-refractivity contribution in [1.29, 1.82) is 0 Å². The molecule has 0 atom stereocenters. The van der Waals surface area contributed by atoms with Gasteiger partial charge in [0.15, 0.2) is 6.61 Å². The van der Waals surface area contributed by atoms with Gasteiger partial charge in [-0.2, -0.15) is 22.0 Å². The quantitative estimate of drug-likeness (QED) is 0.622. The number of hydrogen-bond acceptors (Lipinski definition) is 2. The second kappa shape index (κ2) is 5.34. The number of hydrogen-bond donors (Lipinski definition) is 0. The SMILES string of the molecule is C#Cc1ccc(OC)cc1OCC(F)(F)C(F)(F)F. The zero-order chi connectivity index (χ0) is 14.7. The molecular weight excluding hydrogens is 271 g/mol. The van der Waals surface area contributed by atoms with Gasteiger partial charge in [0.1, 0.15) is 11.5 Å². The monoisotopic (exact) mass is 280 g/mol. The second-order valence-electron chi connectivity index (χ2n) is 3.50. The van der Waals surface area contributed by atoms with Crippen LogP contribution in [0.25, 0.3) is 0 Å². The van der Waals surface area contributed by atoms with Crippen LogP contribution < -0.4 is 9.47 Å². The molecule has 0 aliphatic heterocycles. The zero-order valence-electron chi connectivity index (χ0n) is 9.72. The summed E-state index contributed by atoms with van der Waals surface area (Å²) in [6.07, 6.45) is -0.592. The molecule has 19 heavy (non-hydrogen) atoms. The first kappa shape index (κ1) is 15.1. The summed E-state index contributed by atoms with van der Waals surface area (Å²) in [6, 6.07) is 3.89. The molecule has 7 heteroatoms.